The number of hydrogen-bond acceptors (Lipinski definition) is 4. The van der Waals surface area contributed by atoms with E-state index in [1.165, 1.54) is 6.33 Å². The minimum absolute atomic E-state index is 0.331. The molecule has 0 amide bonds. The van der Waals surface area contributed by atoms with Gasteiger partial charge in [-0.25, -0.2) is 14.5 Å². The third kappa shape index (κ3) is 1.65. The minimum atomic E-state index is -0.331. The van der Waals surface area contributed by atoms with Gasteiger partial charge in [-0.1, -0.05) is 12.1 Å². The molecule has 3 rings (SSSR count). The van der Waals surface area contributed by atoms with Crippen molar-refractivity contribution in [2.75, 3.05) is 0 Å². The van der Waals surface area contributed by atoms with Crippen LogP contribution in [-0.4, -0.2) is 20.8 Å². The van der Waals surface area contributed by atoms with Gasteiger partial charge in [0.1, 0.15) is 12.7 Å². The Bertz CT molecular complexity index is 578. The summed E-state index contributed by atoms with van der Waals surface area (Å²) < 4.78 is 1.69. The summed E-state index contributed by atoms with van der Waals surface area (Å²) in [6.45, 7) is 0. The molecule has 1 aliphatic carbocycles. The number of aliphatic imine (C=N–C) groups is 1. The van der Waals surface area contributed by atoms with Crippen LogP contribution in [0.1, 0.15) is 24.8 Å². The lowest BCUT2D eigenvalue weighted by molar-refractivity contribution is 0.256. The van der Waals surface area contributed by atoms with Crippen molar-refractivity contribution in [3.8, 4) is 5.69 Å². The molecule has 0 atom stereocenters. The quantitative estimate of drug-likeness (QED) is 0.608. The molecular formula is C13H12N4O. The van der Waals surface area contributed by atoms with Crippen LogP contribution in [0.2, 0.25) is 0 Å². The molecule has 5 nitrogen and oxygen atoms in total. The number of nitrogens with zero attached hydrogens (tertiary/aromatic N) is 4. The van der Waals surface area contributed by atoms with Crippen molar-refractivity contribution >= 4 is 6.08 Å². The highest BCUT2D eigenvalue weighted by atomic mass is 16.1. The first-order valence-corrected chi connectivity index (χ1v) is 5.89. The zero-order valence-corrected chi connectivity index (χ0v) is 9.78. The molecule has 0 aliphatic heterocycles. The van der Waals surface area contributed by atoms with Crippen LogP contribution in [0.3, 0.4) is 0 Å². The molecule has 0 unspecified atom stereocenters. The van der Waals surface area contributed by atoms with Crippen LogP contribution < -0.4 is 0 Å². The summed E-state index contributed by atoms with van der Waals surface area (Å²) in [5.41, 5.74) is 1.68. The average Bonchev–Trinajstić information content (AvgIpc) is 2.88. The molecule has 0 spiro atoms. The number of isocyanates is 1. The van der Waals surface area contributed by atoms with E-state index in [0.29, 0.717) is 0 Å². The fourth-order valence-electron chi connectivity index (χ4n) is 2.33. The van der Waals surface area contributed by atoms with Gasteiger partial charge >= 0.3 is 0 Å². The predicted molar refractivity (Wildman–Crippen MR) is 65.0 cm³/mol. The van der Waals surface area contributed by atoms with Gasteiger partial charge in [-0.05, 0) is 37.0 Å². The van der Waals surface area contributed by atoms with Crippen molar-refractivity contribution in [2.45, 2.75) is 24.8 Å². The zero-order valence-electron chi connectivity index (χ0n) is 9.78. The SMILES string of the molecule is O=C=NC1(c2ccc(-n3cncn3)cc2)CCC1. The Labute approximate surface area is 104 Å². The average molecular weight is 240 g/mol. The van der Waals surface area contributed by atoms with Crippen LogP contribution >= 0.6 is 0 Å². The van der Waals surface area contributed by atoms with E-state index in [-0.39, 0.29) is 5.54 Å². The minimum Gasteiger partial charge on any atom is -0.223 e. The third-order valence-electron chi connectivity index (χ3n) is 3.53. The topological polar surface area (TPSA) is 60.1 Å². The molecule has 0 bridgehead atoms. The highest BCUT2D eigenvalue weighted by Gasteiger charge is 2.38. The molecule has 1 heterocycles. The van der Waals surface area contributed by atoms with E-state index in [2.05, 4.69) is 15.1 Å². The lowest BCUT2D eigenvalue weighted by atomic mass is 9.72. The molecule has 18 heavy (non-hydrogen) atoms. The van der Waals surface area contributed by atoms with E-state index in [1.54, 1.807) is 17.1 Å². The van der Waals surface area contributed by atoms with E-state index < -0.39 is 0 Å². The summed E-state index contributed by atoms with van der Waals surface area (Å²) in [7, 11) is 0. The lowest BCUT2D eigenvalue weighted by Gasteiger charge is -2.37. The van der Waals surface area contributed by atoms with E-state index in [1.807, 2.05) is 24.3 Å². The summed E-state index contributed by atoms with van der Waals surface area (Å²) >= 11 is 0. The maximum absolute atomic E-state index is 10.5. The Kier molecular flexibility index (Phi) is 2.54. The second kappa shape index (κ2) is 4.20. The Morgan fingerprint density at radius 2 is 2.06 bits per heavy atom. The fourth-order valence-corrected chi connectivity index (χ4v) is 2.33. The highest BCUT2D eigenvalue weighted by Crippen LogP contribution is 2.44. The molecule has 2 aromatic rings. The predicted octanol–water partition coefficient (Wildman–Crippen LogP) is 1.98. The molecule has 90 valence electrons. The van der Waals surface area contributed by atoms with Crippen LogP contribution in [0.25, 0.3) is 5.69 Å². The van der Waals surface area contributed by atoms with Gasteiger partial charge in [0.25, 0.3) is 0 Å². The van der Waals surface area contributed by atoms with Crippen LogP contribution in [0.4, 0.5) is 0 Å². The molecular weight excluding hydrogens is 228 g/mol. The summed E-state index contributed by atoms with van der Waals surface area (Å²) in [4.78, 5) is 18.4. The van der Waals surface area contributed by atoms with Crippen molar-refractivity contribution in [3.63, 3.8) is 0 Å². The molecule has 0 N–H and O–H groups in total. The number of benzene rings is 1. The van der Waals surface area contributed by atoms with Gasteiger partial charge in [0.05, 0.1) is 11.2 Å². The molecule has 0 saturated heterocycles. The van der Waals surface area contributed by atoms with Crippen molar-refractivity contribution in [3.05, 3.63) is 42.5 Å². The second-order valence-electron chi connectivity index (χ2n) is 4.48. The summed E-state index contributed by atoms with van der Waals surface area (Å²) in [6.07, 6.45) is 7.80. The van der Waals surface area contributed by atoms with Gasteiger partial charge in [0.2, 0.25) is 6.08 Å². The largest absolute Gasteiger partial charge is 0.235 e. The highest BCUT2D eigenvalue weighted by molar-refractivity contribution is 5.42. The van der Waals surface area contributed by atoms with Crippen molar-refractivity contribution in [2.24, 2.45) is 4.99 Å². The van der Waals surface area contributed by atoms with Gasteiger partial charge < -0.3 is 0 Å². The van der Waals surface area contributed by atoms with E-state index in [0.717, 1.165) is 30.5 Å². The molecule has 0 radical (unpaired) electrons. The molecule has 5 heteroatoms. The van der Waals surface area contributed by atoms with Crippen molar-refractivity contribution in [1.82, 2.24) is 14.8 Å². The first-order valence-electron chi connectivity index (χ1n) is 5.89. The Morgan fingerprint density at radius 3 is 2.56 bits per heavy atom. The zero-order chi connectivity index (χ0) is 12.4. The van der Waals surface area contributed by atoms with Crippen molar-refractivity contribution in [1.29, 1.82) is 0 Å². The number of aromatic nitrogens is 3. The van der Waals surface area contributed by atoms with E-state index in [4.69, 9.17) is 0 Å². The summed E-state index contributed by atoms with van der Waals surface area (Å²) in [5, 5.41) is 4.07. The Hall–Kier alpha value is -2.26. The number of carbonyl (C=O) groups excluding carboxylic acids is 1. The smallest absolute Gasteiger partial charge is 0.223 e. The second-order valence-corrected chi connectivity index (χ2v) is 4.48. The first kappa shape index (κ1) is 10.9. The van der Waals surface area contributed by atoms with Gasteiger partial charge in [-0.3, -0.25) is 0 Å². The molecule has 1 aromatic heterocycles. The van der Waals surface area contributed by atoms with Gasteiger partial charge in [-0.2, -0.15) is 10.1 Å². The lowest BCUT2D eigenvalue weighted by Crippen LogP contribution is -2.31. The van der Waals surface area contributed by atoms with Crippen LogP contribution in [0, 0.1) is 0 Å². The molecule has 1 saturated carbocycles. The fraction of sp³-hybridized carbons (Fsp3) is 0.308. The maximum Gasteiger partial charge on any atom is 0.235 e. The van der Waals surface area contributed by atoms with Gasteiger partial charge in [0.15, 0.2) is 0 Å². The van der Waals surface area contributed by atoms with Crippen LogP contribution in [0.15, 0.2) is 41.9 Å². The summed E-state index contributed by atoms with van der Waals surface area (Å²) in [6, 6.07) is 7.92. The number of hydrogen-bond donors (Lipinski definition) is 0. The first-order chi connectivity index (χ1) is 8.84. The van der Waals surface area contributed by atoms with Gasteiger partial charge in [-0.15, -0.1) is 0 Å². The summed E-state index contributed by atoms with van der Waals surface area (Å²) in [5.74, 6) is 0. The molecule has 1 fully saturated rings. The maximum atomic E-state index is 10.5. The molecule has 1 aliphatic rings. The Balaban J connectivity index is 1.94. The standard InChI is InChI=1S/C13H12N4O/c18-10-15-13(6-1-7-13)11-2-4-12(5-3-11)17-9-14-8-16-17/h2-5,8-9H,1,6-7H2. The number of rotatable bonds is 3. The van der Waals surface area contributed by atoms with E-state index in [9.17, 15) is 4.79 Å². The van der Waals surface area contributed by atoms with E-state index >= 15 is 0 Å². The normalized spacial score (nSPS) is 16.7. The van der Waals surface area contributed by atoms with Crippen LogP contribution in [-0.2, 0) is 10.3 Å². The molecule has 1 aromatic carbocycles. The van der Waals surface area contributed by atoms with Crippen LogP contribution in [0.5, 0.6) is 0 Å². The monoisotopic (exact) mass is 240 g/mol. The third-order valence-corrected chi connectivity index (χ3v) is 3.53. The van der Waals surface area contributed by atoms with Crippen molar-refractivity contribution < 1.29 is 4.79 Å². The van der Waals surface area contributed by atoms with Gasteiger partial charge in [0, 0.05) is 0 Å². The Morgan fingerprint density at radius 1 is 1.28 bits per heavy atom.